The highest BCUT2D eigenvalue weighted by atomic mass is 16.5. The molecule has 0 amide bonds. The van der Waals surface area contributed by atoms with Gasteiger partial charge >= 0.3 is 0 Å². The Bertz CT molecular complexity index is 444. The minimum atomic E-state index is 0.697. The minimum absolute atomic E-state index is 0.697. The predicted octanol–water partition coefficient (Wildman–Crippen LogP) is 4.55. The molecule has 0 saturated heterocycles. The maximum Gasteiger partial charge on any atom is 0.143 e. The van der Waals surface area contributed by atoms with Gasteiger partial charge in [0.15, 0.2) is 0 Å². The largest absolute Gasteiger partial charge is 0.361 e. The molecule has 3 fully saturated rings. The number of hydrogen-bond donors (Lipinski definition) is 0. The van der Waals surface area contributed by atoms with Crippen molar-refractivity contribution in [2.24, 2.45) is 5.41 Å². The first-order chi connectivity index (χ1) is 8.81. The summed E-state index contributed by atoms with van der Waals surface area (Å²) in [6, 6.07) is 0. The van der Waals surface area contributed by atoms with Crippen LogP contribution in [0.3, 0.4) is 0 Å². The van der Waals surface area contributed by atoms with Crippen molar-refractivity contribution in [3.63, 3.8) is 0 Å². The topological polar surface area (TPSA) is 26.0 Å². The second-order valence-corrected chi connectivity index (χ2v) is 6.81. The average Bonchev–Trinajstić information content (AvgIpc) is 3.32. The lowest BCUT2D eigenvalue weighted by molar-refractivity contribution is 0.292. The molecule has 2 heteroatoms. The van der Waals surface area contributed by atoms with Crippen LogP contribution in [0.4, 0.5) is 0 Å². The highest BCUT2D eigenvalue weighted by Gasteiger charge is 2.45. The second kappa shape index (κ2) is 3.85. The van der Waals surface area contributed by atoms with Crippen LogP contribution in [0.15, 0.2) is 4.52 Å². The number of nitrogens with zero attached hydrogens (tertiary/aromatic N) is 1. The Kier molecular flexibility index (Phi) is 2.37. The molecule has 1 aromatic heterocycles. The monoisotopic (exact) mass is 245 g/mol. The molecule has 3 aliphatic carbocycles. The van der Waals surface area contributed by atoms with Crippen molar-refractivity contribution in [3.05, 3.63) is 17.0 Å². The standard InChI is InChI=1S/C16H23NO/c1-2-13-14(17-18-15(13)12-3-4-12)11-5-7-16(8-6-11)9-10-16/h11-12H,2-10H2,1H3. The zero-order chi connectivity index (χ0) is 12.2. The summed E-state index contributed by atoms with van der Waals surface area (Å²) in [6.07, 6.45) is 12.3. The van der Waals surface area contributed by atoms with Gasteiger partial charge in [-0.1, -0.05) is 12.1 Å². The van der Waals surface area contributed by atoms with Gasteiger partial charge in [-0.2, -0.15) is 0 Å². The number of aromatic nitrogens is 1. The molecule has 0 atom stereocenters. The number of rotatable bonds is 3. The smallest absolute Gasteiger partial charge is 0.143 e. The molecule has 3 aliphatic rings. The fourth-order valence-corrected chi connectivity index (χ4v) is 3.86. The van der Waals surface area contributed by atoms with Crippen LogP contribution in [0.1, 0.15) is 87.1 Å². The second-order valence-electron chi connectivity index (χ2n) is 6.81. The van der Waals surface area contributed by atoms with E-state index < -0.39 is 0 Å². The normalized spacial score (nSPS) is 26.7. The van der Waals surface area contributed by atoms with Crippen LogP contribution in [-0.2, 0) is 6.42 Å². The van der Waals surface area contributed by atoms with E-state index in [4.69, 9.17) is 4.52 Å². The molecule has 98 valence electrons. The van der Waals surface area contributed by atoms with Crippen molar-refractivity contribution < 1.29 is 4.52 Å². The summed E-state index contributed by atoms with van der Waals surface area (Å²) in [4.78, 5) is 0. The lowest BCUT2D eigenvalue weighted by Gasteiger charge is -2.27. The molecule has 0 radical (unpaired) electrons. The SMILES string of the molecule is CCc1c(C2CCC3(CC2)CC3)noc1C1CC1. The molecular weight excluding hydrogens is 222 g/mol. The molecule has 1 aromatic rings. The van der Waals surface area contributed by atoms with E-state index in [0.29, 0.717) is 11.8 Å². The van der Waals surface area contributed by atoms with Crippen LogP contribution >= 0.6 is 0 Å². The van der Waals surface area contributed by atoms with Gasteiger partial charge in [-0.3, -0.25) is 0 Å². The van der Waals surface area contributed by atoms with Crippen LogP contribution in [0.25, 0.3) is 0 Å². The van der Waals surface area contributed by atoms with Gasteiger partial charge in [0.25, 0.3) is 0 Å². The maximum absolute atomic E-state index is 5.68. The maximum atomic E-state index is 5.68. The highest BCUT2D eigenvalue weighted by molar-refractivity contribution is 5.31. The zero-order valence-electron chi connectivity index (χ0n) is 11.4. The molecule has 3 saturated carbocycles. The molecule has 4 rings (SSSR count). The molecule has 0 N–H and O–H groups in total. The number of hydrogen-bond acceptors (Lipinski definition) is 2. The first-order valence-electron chi connectivity index (χ1n) is 7.80. The van der Waals surface area contributed by atoms with Gasteiger partial charge in [0.2, 0.25) is 0 Å². The molecule has 0 aliphatic heterocycles. The predicted molar refractivity (Wildman–Crippen MR) is 70.7 cm³/mol. The fraction of sp³-hybridized carbons (Fsp3) is 0.812. The van der Waals surface area contributed by atoms with E-state index in [1.165, 1.54) is 68.4 Å². The molecule has 2 nitrogen and oxygen atoms in total. The summed E-state index contributed by atoms with van der Waals surface area (Å²) in [5.74, 6) is 2.64. The van der Waals surface area contributed by atoms with Crippen molar-refractivity contribution in [1.29, 1.82) is 0 Å². The fourth-order valence-electron chi connectivity index (χ4n) is 3.86. The van der Waals surface area contributed by atoms with Gasteiger partial charge in [0, 0.05) is 17.4 Å². The van der Waals surface area contributed by atoms with Gasteiger partial charge in [-0.25, -0.2) is 0 Å². The zero-order valence-corrected chi connectivity index (χ0v) is 11.4. The third-order valence-corrected chi connectivity index (χ3v) is 5.54. The van der Waals surface area contributed by atoms with Gasteiger partial charge in [0.1, 0.15) is 5.76 Å². The van der Waals surface area contributed by atoms with Crippen molar-refractivity contribution in [2.75, 3.05) is 0 Å². The highest BCUT2D eigenvalue weighted by Crippen LogP contribution is 2.58. The minimum Gasteiger partial charge on any atom is -0.361 e. The molecular formula is C16H23NO. The molecule has 18 heavy (non-hydrogen) atoms. The molecule has 1 heterocycles. The Morgan fingerprint density at radius 3 is 2.33 bits per heavy atom. The summed E-state index contributed by atoms with van der Waals surface area (Å²) in [7, 11) is 0. The van der Waals surface area contributed by atoms with E-state index in [-0.39, 0.29) is 0 Å². The van der Waals surface area contributed by atoms with E-state index in [2.05, 4.69) is 12.1 Å². The first kappa shape index (κ1) is 11.1. The Labute approximate surface area is 109 Å². The Balaban J connectivity index is 1.56. The van der Waals surface area contributed by atoms with Crippen LogP contribution < -0.4 is 0 Å². The lowest BCUT2D eigenvalue weighted by atomic mass is 9.77. The van der Waals surface area contributed by atoms with Crippen LogP contribution in [0, 0.1) is 5.41 Å². The van der Waals surface area contributed by atoms with E-state index in [1.54, 1.807) is 0 Å². The first-order valence-corrected chi connectivity index (χ1v) is 7.80. The molecule has 0 aromatic carbocycles. The van der Waals surface area contributed by atoms with Crippen molar-refractivity contribution >= 4 is 0 Å². The van der Waals surface area contributed by atoms with Gasteiger partial charge in [-0.05, 0) is 63.2 Å². The average molecular weight is 245 g/mol. The summed E-state index contributed by atoms with van der Waals surface area (Å²) in [6.45, 7) is 2.26. The Morgan fingerprint density at radius 2 is 1.78 bits per heavy atom. The van der Waals surface area contributed by atoms with Crippen molar-refractivity contribution in [3.8, 4) is 0 Å². The molecule has 1 spiro atoms. The Morgan fingerprint density at radius 1 is 1.06 bits per heavy atom. The summed E-state index contributed by atoms with van der Waals surface area (Å²) in [5.41, 5.74) is 3.58. The van der Waals surface area contributed by atoms with Crippen molar-refractivity contribution in [1.82, 2.24) is 5.16 Å². The molecule has 0 unspecified atom stereocenters. The summed E-state index contributed by atoms with van der Waals surface area (Å²) in [5, 5.41) is 4.47. The van der Waals surface area contributed by atoms with Crippen LogP contribution in [0.5, 0.6) is 0 Å². The Hall–Kier alpha value is -0.790. The van der Waals surface area contributed by atoms with Gasteiger partial charge in [-0.15, -0.1) is 0 Å². The molecule has 0 bridgehead atoms. The van der Waals surface area contributed by atoms with Gasteiger partial charge < -0.3 is 4.52 Å². The van der Waals surface area contributed by atoms with Gasteiger partial charge in [0.05, 0.1) is 5.69 Å². The van der Waals surface area contributed by atoms with E-state index >= 15 is 0 Å². The van der Waals surface area contributed by atoms with E-state index in [0.717, 1.165) is 11.8 Å². The van der Waals surface area contributed by atoms with E-state index in [9.17, 15) is 0 Å². The van der Waals surface area contributed by atoms with Crippen LogP contribution in [-0.4, -0.2) is 5.16 Å². The van der Waals surface area contributed by atoms with E-state index in [1.807, 2.05) is 0 Å². The third-order valence-electron chi connectivity index (χ3n) is 5.54. The summed E-state index contributed by atoms with van der Waals surface area (Å²) >= 11 is 0. The lowest BCUT2D eigenvalue weighted by Crippen LogP contribution is -2.15. The third kappa shape index (κ3) is 1.72. The quantitative estimate of drug-likeness (QED) is 0.780. The summed E-state index contributed by atoms with van der Waals surface area (Å²) < 4.78 is 5.68. The van der Waals surface area contributed by atoms with Crippen LogP contribution in [0.2, 0.25) is 0 Å². The van der Waals surface area contributed by atoms with Crippen molar-refractivity contribution in [2.45, 2.75) is 76.5 Å².